The predicted molar refractivity (Wildman–Crippen MR) is 62.8 cm³/mol. The smallest absolute Gasteiger partial charge is 0.355 e. The molecule has 0 saturated carbocycles. The molecule has 0 aliphatic rings. The molecule has 7 heteroatoms. The molecule has 1 rings (SSSR count). The normalized spacial score (nSPS) is 12.7. The van der Waals surface area contributed by atoms with Gasteiger partial charge < -0.3 is 14.5 Å². The van der Waals surface area contributed by atoms with Gasteiger partial charge in [0.15, 0.2) is 5.78 Å². The summed E-state index contributed by atoms with van der Waals surface area (Å²) in [7, 11) is -2.87. The van der Waals surface area contributed by atoms with E-state index in [4.69, 9.17) is 14.5 Å². The Balaban J connectivity index is 3.12. The lowest BCUT2D eigenvalue weighted by molar-refractivity contribution is 0.360. The zero-order valence-corrected chi connectivity index (χ0v) is 10.1. The second-order valence-electron chi connectivity index (χ2n) is 2.96. The number of methoxy groups -OCH3 is 1. The molecule has 1 unspecified atom stereocenters. The summed E-state index contributed by atoms with van der Waals surface area (Å²) in [5.41, 5.74) is 0.367. The molecule has 86 valence electrons. The maximum atomic E-state index is 11.2. The van der Waals surface area contributed by atoms with Gasteiger partial charge in [-0.2, -0.15) is 0 Å². The number of aliphatic imine (C=N–C) groups is 1. The van der Waals surface area contributed by atoms with Gasteiger partial charge in [-0.15, -0.1) is 0 Å². The SMILES string of the molecule is COc1ccc(C(N=C=S)P(=O)(O)O)cc1. The molecule has 5 nitrogen and oxygen atoms in total. The van der Waals surface area contributed by atoms with Crippen molar-refractivity contribution in [2.45, 2.75) is 5.78 Å². The van der Waals surface area contributed by atoms with Crippen LogP contribution in [0.25, 0.3) is 0 Å². The highest BCUT2D eigenvalue weighted by molar-refractivity contribution is 7.78. The molecular weight excluding hydrogens is 249 g/mol. The first-order valence-corrected chi connectivity index (χ1v) is 6.34. The van der Waals surface area contributed by atoms with E-state index in [1.165, 1.54) is 19.2 Å². The Labute approximate surface area is 97.9 Å². The van der Waals surface area contributed by atoms with Crippen LogP contribution in [0.4, 0.5) is 0 Å². The van der Waals surface area contributed by atoms with Crippen molar-refractivity contribution in [2.24, 2.45) is 4.99 Å². The van der Waals surface area contributed by atoms with Crippen LogP contribution in [0.15, 0.2) is 29.3 Å². The van der Waals surface area contributed by atoms with E-state index in [9.17, 15) is 4.57 Å². The topological polar surface area (TPSA) is 79.1 Å². The summed E-state index contributed by atoms with van der Waals surface area (Å²) in [6.45, 7) is 0. The van der Waals surface area contributed by atoms with Crippen LogP contribution in [-0.4, -0.2) is 22.1 Å². The third-order valence-electron chi connectivity index (χ3n) is 1.91. The third kappa shape index (κ3) is 3.23. The van der Waals surface area contributed by atoms with Crippen molar-refractivity contribution < 1.29 is 19.1 Å². The third-order valence-corrected chi connectivity index (χ3v) is 3.06. The number of rotatable bonds is 4. The minimum Gasteiger partial charge on any atom is -0.497 e. The highest BCUT2D eigenvalue weighted by Gasteiger charge is 2.29. The molecule has 0 aromatic heterocycles. The Morgan fingerprint density at radius 2 is 2.00 bits per heavy atom. The van der Waals surface area contributed by atoms with Crippen LogP contribution in [0.5, 0.6) is 5.75 Å². The molecule has 1 aromatic rings. The van der Waals surface area contributed by atoms with Gasteiger partial charge in [0.25, 0.3) is 0 Å². The largest absolute Gasteiger partial charge is 0.497 e. The summed E-state index contributed by atoms with van der Waals surface area (Å²) >= 11 is 4.36. The molecule has 0 aliphatic heterocycles. The molecular formula is C9H10NO4PS. The number of hydrogen-bond acceptors (Lipinski definition) is 4. The van der Waals surface area contributed by atoms with E-state index in [0.717, 1.165) is 0 Å². The first-order chi connectivity index (χ1) is 7.49. The molecule has 1 atom stereocenters. The number of hydrogen-bond donors (Lipinski definition) is 2. The summed E-state index contributed by atoms with van der Waals surface area (Å²) < 4.78 is 16.1. The average molecular weight is 259 g/mol. The molecule has 2 N–H and O–H groups in total. The Hall–Kier alpha value is -1.03. The van der Waals surface area contributed by atoms with Crippen molar-refractivity contribution in [2.75, 3.05) is 7.11 Å². The number of ether oxygens (including phenoxy) is 1. The maximum absolute atomic E-state index is 11.2. The van der Waals surface area contributed by atoms with Crippen molar-refractivity contribution in [1.82, 2.24) is 0 Å². The molecule has 0 saturated heterocycles. The molecule has 16 heavy (non-hydrogen) atoms. The van der Waals surface area contributed by atoms with E-state index in [-0.39, 0.29) is 0 Å². The van der Waals surface area contributed by atoms with Crippen LogP contribution in [0.1, 0.15) is 11.3 Å². The first-order valence-electron chi connectivity index (χ1n) is 4.25. The van der Waals surface area contributed by atoms with Crippen LogP contribution < -0.4 is 4.74 Å². The van der Waals surface area contributed by atoms with E-state index in [1.54, 1.807) is 12.1 Å². The minimum atomic E-state index is -4.37. The fraction of sp³-hybridized carbons (Fsp3) is 0.222. The van der Waals surface area contributed by atoms with E-state index >= 15 is 0 Å². The van der Waals surface area contributed by atoms with Crippen molar-refractivity contribution in [3.8, 4) is 5.75 Å². The lowest BCUT2D eigenvalue weighted by atomic mass is 10.2. The maximum Gasteiger partial charge on any atom is 0.355 e. The molecule has 0 radical (unpaired) electrons. The van der Waals surface area contributed by atoms with Gasteiger partial charge in [0.05, 0.1) is 12.3 Å². The van der Waals surface area contributed by atoms with E-state index < -0.39 is 13.4 Å². The summed E-state index contributed by atoms with van der Waals surface area (Å²) in [5, 5.41) is 1.99. The second-order valence-corrected chi connectivity index (χ2v) is 4.81. The van der Waals surface area contributed by atoms with Gasteiger partial charge in [0.2, 0.25) is 0 Å². The van der Waals surface area contributed by atoms with Crippen molar-refractivity contribution in [1.29, 1.82) is 0 Å². The van der Waals surface area contributed by atoms with Gasteiger partial charge in [-0.3, -0.25) is 4.57 Å². The fourth-order valence-corrected chi connectivity index (χ4v) is 2.12. The Morgan fingerprint density at radius 1 is 1.44 bits per heavy atom. The van der Waals surface area contributed by atoms with Crippen LogP contribution >= 0.6 is 19.8 Å². The van der Waals surface area contributed by atoms with Gasteiger partial charge in [-0.25, -0.2) is 4.99 Å². The Bertz CT molecular complexity index is 449. The zero-order valence-electron chi connectivity index (χ0n) is 8.40. The molecule has 1 aromatic carbocycles. The minimum absolute atomic E-state index is 0.367. The van der Waals surface area contributed by atoms with E-state index in [2.05, 4.69) is 17.2 Å². The summed E-state index contributed by atoms with van der Waals surface area (Å²) in [5.74, 6) is -0.699. The van der Waals surface area contributed by atoms with Crippen LogP contribution in [-0.2, 0) is 4.57 Å². The van der Waals surface area contributed by atoms with Crippen molar-refractivity contribution in [3.05, 3.63) is 29.8 Å². The Morgan fingerprint density at radius 3 is 2.38 bits per heavy atom. The molecule has 0 spiro atoms. The molecule has 0 aliphatic carbocycles. The molecule has 0 amide bonds. The van der Waals surface area contributed by atoms with Crippen molar-refractivity contribution >= 4 is 25.0 Å². The fourth-order valence-electron chi connectivity index (χ4n) is 1.17. The summed E-state index contributed by atoms with van der Waals surface area (Å²) in [6.07, 6.45) is 0. The molecule has 0 bridgehead atoms. The predicted octanol–water partition coefficient (Wildman–Crippen LogP) is 1.97. The highest BCUT2D eigenvalue weighted by Crippen LogP contribution is 2.52. The number of benzene rings is 1. The monoisotopic (exact) mass is 259 g/mol. The van der Waals surface area contributed by atoms with Crippen molar-refractivity contribution in [3.63, 3.8) is 0 Å². The van der Waals surface area contributed by atoms with Crippen LogP contribution in [0.2, 0.25) is 0 Å². The van der Waals surface area contributed by atoms with Crippen LogP contribution in [0, 0.1) is 0 Å². The molecule has 0 heterocycles. The summed E-state index contributed by atoms with van der Waals surface area (Å²) in [4.78, 5) is 21.7. The standard InChI is InChI=1S/C9H10NO4PS/c1-14-8-4-2-7(3-5-8)9(10-6-16)15(11,12)13/h2-5,9H,1H3,(H2,11,12,13). The Kier molecular flexibility index (Phi) is 4.35. The number of nitrogens with zero attached hydrogens (tertiary/aromatic N) is 1. The first kappa shape index (κ1) is 13.0. The molecule has 0 fully saturated rings. The van der Waals surface area contributed by atoms with Crippen LogP contribution in [0.3, 0.4) is 0 Å². The number of isothiocyanates is 1. The van der Waals surface area contributed by atoms with Gasteiger partial charge in [-0.1, -0.05) is 12.1 Å². The number of thiocarbonyl (C=S) groups is 1. The van der Waals surface area contributed by atoms with Gasteiger partial charge in [0.1, 0.15) is 5.75 Å². The lowest BCUT2D eigenvalue weighted by Crippen LogP contribution is -1.96. The van der Waals surface area contributed by atoms with E-state index in [0.29, 0.717) is 11.3 Å². The highest BCUT2D eigenvalue weighted by atomic mass is 32.1. The average Bonchev–Trinajstić information content (AvgIpc) is 2.25. The lowest BCUT2D eigenvalue weighted by Gasteiger charge is -2.13. The quantitative estimate of drug-likeness (QED) is 0.491. The van der Waals surface area contributed by atoms with Gasteiger partial charge in [-0.05, 0) is 29.9 Å². The summed E-state index contributed by atoms with van der Waals surface area (Å²) in [6, 6.07) is 6.24. The zero-order chi connectivity index (χ0) is 12.2. The van der Waals surface area contributed by atoms with E-state index in [1.807, 2.05) is 5.16 Å². The second kappa shape index (κ2) is 5.34. The van der Waals surface area contributed by atoms with Gasteiger partial charge >= 0.3 is 7.60 Å². The van der Waals surface area contributed by atoms with Gasteiger partial charge in [0, 0.05) is 0 Å².